The monoisotopic (exact) mass is 470 g/mol. The van der Waals surface area contributed by atoms with Gasteiger partial charge in [-0.2, -0.15) is 0 Å². The second kappa shape index (κ2) is 9.58. The molecular formula is C20H31IN4O. The van der Waals surface area contributed by atoms with Crippen LogP contribution in [0, 0.1) is 0 Å². The Morgan fingerprint density at radius 2 is 2.04 bits per heavy atom. The van der Waals surface area contributed by atoms with Gasteiger partial charge in [-0.05, 0) is 24.8 Å². The van der Waals surface area contributed by atoms with Gasteiger partial charge in [0.25, 0.3) is 0 Å². The van der Waals surface area contributed by atoms with Crippen molar-refractivity contribution < 1.29 is 4.79 Å². The number of nitrogens with one attached hydrogen (secondary N) is 2. The van der Waals surface area contributed by atoms with Crippen LogP contribution in [-0.2, 0) is 10.2 Å². The highest BCUT2D eigenvalue weighted by Gasteiger charge is 2.38. The lowest BCUT2D eigenvalue weighted by atomic mass is 9.64. The van der Waals surface area contributed by atoms with Gasteiger partial charge >= 0.3 is 0 Å². The fourth-order valence-electron chi connectivity index (χ4n) is 3.93. The van der Waals surface area contributed by atoms with E-state index in [1.54, 1.807) is 0 Å². The van der Waals surface area contributed by atoms with Crippen molar-refractivity contribution in [2.45, 2.75) is 50.5 Å². The Morgan fingerprint density at radius 3 is 2.62 bits per heavy atom. The molecule has 1 aliphatic carbocycles. The zero-order valence-electron chi connectivity index (χ0n) is 15.8. The van der Waals surface area contributed by atoms with E-state index in [1.165, 1.54) is 24.8 Å². The number of benzene rings is 1. The van der Waals surface area contributed by atoms with Gasteiger partial charge in [0.15, 0.2) is 5.96 Å². The van der Waals surface area contributed by atoms with Crippen LogP contribution < -0.4 is 10.6 Å². The molecular weight excluding hydrogens is 439 g/mol. The number of carbonyl (C=O) groups is 1. The summed E-state index contributed by atoms with van der Waals surface area (Å²) in [6.07, 6.45) is 5.31. The van der Waals surface area contributed by atoms with E-state index in [4.69, 9.17) is 0 Å². The standard InChI is InChI=1S/C20H30N4O.HI/c1-3-18(25)24-13-10-17(14-24)23-19(21-2)22-15-20(11-7-12-20)16-8-5-4-6-9-16;/h4-6,8-9,17H,3,7,10-15H2,1-2H3,(H2,21,22,23);1H. The van der Waals surface area contributed by atoms with Crippen molar-refractivity contribution in [2.24, 2.45) is 4.99 Å². The number of rotatable bonds is 5. The number of hydrogen-bond acceptors (Lipinski definition) is 2. The molecule has 2 fully saturated rings. The van der Waals surface area contributed by atoms with Crippen molar-refractivity contribution in [1.29, 1.82) is 0 Å². The fraction of sp³-hybridized carbons (Fsp3) is 0.600. The maximum atomic E-state index is 11.8. The van der Waals surface area contributed by atoms with E-state index < -0.39 is 0 Å². The summed E-state index contributed by atoms with van der Waals surface area (Å²) in [4.78, 5) is 18.2. The summed E-state index contributed by atoms with van der Waals surface area (Å²) in [5.74, 6) is 1.09. The van der Waals surface area contributed by atoms with E-state index in [0.717, 1.165) is 32.0 Å². The molecule has 0 bridgehead atoms. The maximum absolute atomic E-state index is 11.8. The molecule has 1 unspecified atom stereocenters. The largest absolute Gasteiger partial charge is 0.356 e. The first kappa shape index (κ1) is 21.0. The average molecular weight is 470 g/mol. The molecule has 1 saturated carbocycles. The van der Waals surface area contributed by atoms with Crippen LogP contribution in [0.4, 0.5) is 0 Å². The third kappa shape index (κ3) is 4.69. The van der Waals surface area contributed by atoms with Crippen LogP contribution in [0.2, 0.25) is 0 Å². The first-order valence-electron chi connectivity index (χ1n) is 9.47. The molecule has 0 aromatic heterocycles. The molecule has 0 radical (unpaired) electrons. The zero-order valence-corrected chi connectivity index (χ0v) is 18.2. The molecule has 1 saturated heterocycles. The molecule has 1 aromatic carbocycles. The minimum absolute atomic E-state index is 0. The van der Waals surface area contributed by atoms with E-state index in [2.05, 4.69) is 46.0 Å². The van der Waals surface area contributed by atoms with E-state index in [-0.39, 0.29) is 41.3 Å². The molecule has 144 valence electrons. The maximum Gasteiger partial charge on any atom is 0.222 e. The van der Waals surface area contributed by atoms with Crippen LogP contribution >= 0.6 is 24.0 Å². The Labute approximate surface area is 174 Å². The third-order valence-electron chi connectivity index (χ3n) is 5.70. The lowest BCUT2D eigenvalue weighted by Crippen LogP contribution is -2.51. The van der Waals surface area contributed by atoms with Gasteiger partial charge in [0.2, 0.25) is 5.91 Å². The smallest absolute Gasteiger partial charge is 0.222 e. The number of aliphatic imine (C=N–C) groups is 1. The number of hydrogen-bond donors (Lipinski definition) is 2. The number of likely N-dealkylation sites (tertiary alicyclic amines) is 1. The predicted molar refractivity (Wildman–Crippen MR) is 117 cm³/mol. The molecule has 1 aromatic rings. The van der Waals surface area contributed by atoms with Crippen molar-refractivity contribution in [3.8, 4) is 0 Å². The molecule has 1 heterocycles. The molecule has 2 N–H and O–H groups in total. The summed E-state index contributed by atoms with van der Waals surface area (Å²) < 4.78 is 0. The number of guanidine groups is 1. The van der Waals surface area contributed by atoms with Gasteiger partial charge in [0.05, 0.1) is 0 Å². The summed E-state index contributed by atoms with van der Waals surface area (Å²) in [6.45, 7) is 4.44. The predicted octanol–water partition coefficient (Wildman–Crippen LogP) is 2.90. The van der Waals surface area contributed by atoms with Crippen molar-refractivity contribution in [2.75, 3.05) is 26.7 Å². The molecule has 0 spiro atoms. The summed E-state index contributed by atoms with van der Waals surface area (Å²) in [7, 11) is 1.81. The minimum Gasteiger partial charge on any atom is -0.356 e. The minimum atomic E-state index is 0. The van der Waals surface area contributed by atoms with E-state index >= 15 is 0 Å². The van der Waals surface area contributed by atoms with Gasteiger partial charge < -0.3 is 15.5 Å². The summed E-state index contributed by atoms with van der Waals surface area (Å²) in [6, 6.07) is 11.1. The second-order valence-corrected chi connectivity index (χ2v) is 7.25. The van der Waals surface area contributed by atoms with Crippen molar-refractivity contribution in [3.05, 3.63) is 35.9 Å². The molecule has 2 aliphatic rings. The quantitative estimate of drug-likeness (QED) is 0.396. The van der Waals surface area contributed by atoms with Crippen LogP contribution in [0.5, 0.6) is 0 Å². The molecule has 1 amide bonds. The van der Waals surface area contributed by atoms with E-state index in [1.807, 2.05) is 18.9 Å². The van der Waals surface area contributed by atoms with Gasteiger partial charge in [0.1, 0.15) is 0 Å². The van der Waals surface area contributed by atoms with E-state index in [0.29, 0.717) is 6.42 Å². The van der Waals surface area contributed by atoms with Crippen LogP contribution in [-0.4, -0.2) is 49.5 Å². The highest BCUT2D eigenvalue weighted by atomic mass is 127. The van der Waals surface area contributed by atoms with Gasteiger partial charge in [-0.25, -0.2) is 0 Å². The van der Waals surface area contributed by atoms with Crippen LogP contribution in [0.3, 0.4) is 0 Å². The normalized spacial score (nSPS) is 21.5. The average Bonchev–Trinajstić information content (AvgIpc) is 3.08. The third-order valence-corrected chi connectivity index (χ3v) is 5.70. The number of halogens is 1. The molecule has 26 heavy (non-hydrogen) atoms. The Hall–Kier alpha value is -1.31. The van der Waals surface area contributed by atoms with Crippen molar-refractivity contribution in [1.82, 2.24) is 15.5 Å². The van der Waals surface area contributed by atoms with Crippen molar-refractivity contribution in [3.63, 3.8) is 0 Å². The van der Waals surface area contributed by atoms with Gasteiger partial charge in [-0.1, -0.05) is 43.7 Å². The molecule has 1 atom stereocenters. The van der Waals surface area contributed by atoms with E-state index in [9.17, 15) is 4.79 Å². The topological polar surface area (TPSA) is 56.7 Å². The number of amides is 1. The Bertz CT molecular complexity index is 615. The number of nitrogens with zero attached hydrogens (tertiary/aromatic N) is 2. The SMILES string of the molecule is CCC(=O)N1CCC(NC(=NC)NCC2(c3ccccc3)CCC2)C1.I. The molecule has 1 aliphatic heterocycles. The van der Waals surface area contributed by atoms with Gasteiger partial charge in [-0.3, -0.25) is 9.79 Å². The summed E-state index contributed by atoms with van der Waals surface area (Å²) in [5.41, 5.74) is 1.66. The number of carbonyl (C=O) groups excluding carboxylic acids is 1. The van der Waals surface area contributed by atoms with Crippen LogP contribution in [0.15, 0.2) is 35.3 Å². The summed E-state index contributed by atoms with van der Waals surface area (Å²) >= 11 is 0. The Balaban J connectivity index is 0.00000243. The first-order valence-corrected chi connectivity index (χ1v) is 9.47. The highest BCUT2D eigenvalue weighted by molar-refractivity contribution is 14.0. The first-order chi connectivity index (χ1) is 12.2. The molecule has 6 heteroatoms. The lowest BCUT2D eigenvalue weighted by molar-refractivity contribution is -0.129. The Kier molecular flexibility index (Phi) is 7.73. The fourth-order valence-corrected chi connectivity index (χ4v) is 3.93. The molecule has 5 nitrogen and oxygen atoms in total. The zero-order chi connectivity index (χ0) is 17.7. The van der Waals surface area contributed by atoms with Crippen LogP contribution in [0.1, 0.15) is 44.6 Å². The van der Waals surface area contributed by atoms with Gasteiger partial charge in [0, 0.05) is 44.6 Å². The summed E-state index contributed by atoms with van der Waals surface area (Å²) in [5, 5.41) is 7.02. The Morgan fingerprint density at radius 1 is 1.31 bits per heavy atom. The van der Waals surface area contributed by atoms with Gasteiger partial charge in [-0.15, -0.1) is 24.0 Å². The molecule has 3 rings (SSSR count). The lowest BCUT2D eigenvalue weighted by Gasteiger charge is -2.43. The highest BCUT2D eigenvalue weighted by Crippen LogP contribution is 2.43. The van der Waals surface area contributed by atoms with Crippen LogP contribution in [0.25, 0.3) is 0 Å². The second-order valence-electron chi connectivity index (χ2n) is 7.25. The van der Waals surface area contributed by atoms with Crippen molar-refractivity contribution >= 4 is 35.8 Å².